The first kappa shape index (κ1) is 19.8. The SMILES string of the molecule is CCN1CCN(C(=O)c2oc3c(c2C)/C(=N/NC(=O)c2cccs2)CCC3)CC1. The van der Waals surface area contributed by atoms with E-state index in [9.17, 15) is 9.59 Å². The maximum atomic E-state index is 13.1. The summed E-state index contributed by atoms with van der Waals surface area (Å²) in [4.78, 5) is 30.1. The van der Waals surface area contributed by atoms with Crippen molar-refractivity contribution in [3.05, 3.63) is 45.0 Å². The van der Waals surface area contributed by atoms with Gasteiger partial charge >= 0.3 is 0 Å². The molecule has 2 aliphatic rings. The predicted octanol–water partition coefficient (Wildman–Crippen LogP) is 2.90. The Morgan fingerprint density at radius 3 is 2.72 bits per heavy atom. The van der Waals surface area contributed by atoms with Crippen LogP contribution in [0.15, 0.2) is 27.0 Å². The van der Waals surface area contributed by atoms with Crippen molar-refractivity contribution in [1.82, 2.24) is 15.2 Å². The first-order valence-corrected chi connectivity index (χ1v) is 11.0. The minimum Gasteiger partial charge on any atom is -0.455 e. The summed E-state index contributed by atoms with van der Waals surface area (Å²) in [5.41, 5.74) is 5.15. The second-order valence-electron chi connectivity index (χ2n) is 7.41. The number of hydrogen-bond donors (Lipinski definition) is 1. The molecule has 1 aliphatic carbocycles. The molecule has 7 nitrogen and oxygen atoms in total. The third kappa shape index (κ3) is 4.00. The van der Waals surface area contributed by atoms with Crippen LogP contribution in [-0.4, -0.2) is 60.0 Å². The van der Waals surface area contributed by atoms with Gasteiger partial charge in [-0.15, -0.1) is 11.3 Å². The van der Waals surface area contributed by atoms with Gasteiger partial charge in [-0.2, -0.15) is 5.10 Å². The van der Waals surface area contributed by atoms with E-state index in [1.807, 2.05) is 23.3 Å². The van der Waals surface area contributed by atoms with Crippen LogP contribution >= 0.6 is 11.3 Å². The molecule has 0 aromatic carbocycles. The highest BCUT2D eigenvalue weighted by atomic mass is 32.1. The van der Waals surface area contributed by atoms with E-state index in [2.05, 4.69) is 22.4 Å². The fourth-order valence-electron chi connectivity index (χ4n) is 3.98. The van der Waals surface area contributed by atoms with E-state index in [4.69, 9.17) is 4.42 Å². The molecule has 0 unspecified atom stereocenters. The first-order valence-electron chi connectivity index (χ1n) is 10.1. The molecule has 1 saturated heterocycles. The number of aryl methyl sites for hydroxylation is 1. The van der Waals surface area contributed by atoms with Gasteiger partial charge in [0.25, 0.3) is 11.8 Å². The monoisotopic (exact) mass is 414 g/mol. The third-order valence-corrected chi connectivity index (χ3v) is 6.53. The molecule has 0 saturated carbocycles. The minimum absolute atomic E-state index is 0.0466. The molecule has 0 atom stereocenters. The highest BCUT2D eigenvalue weighted by molar-refractivity contribution is 7.12. The smallest absolute Gasteiger partial charge is 0.289 e. The highest BCUT2D eigenvalue weighted by Gasteiger charge is 2.31. The number of hydrazone groups is 1. The average molecular weight is 415 g/mol. The first-order chi connectivity index (χ1) is 14.1. The zero-order valence-electron chi connectivity index (χ0n) is 16.9. The summed E-state index contributed by atoms with van der Waals surface area (Å²) in [7, 11) is 0. The summed E-state index contributed by atoms with van der Waals surface area (Å²) in [6.45, 7) is 8.28. The van der Waals surface area contributed by atoms with E-state index >= 15 is 0 Å². The number of fused-ring (bicyclic) bond motifs is 1. The molecule has 0 spiro atoms. The number of nitrogens with zero attached hydrogens (tertiary/aromatic N) is 3. The number of furan rings is 1. The van der Waals surface area contributed by atoms with Crippen LogP contribution in [0.3, 0.4) is 0 Å². The number of rotatable bonds is 4. The van der Waals surface area contributed by atoms with Crippen LogP contribution in [0, 0.1) is 6.92 Å². The Labute approximate surface area is 174 Å². The Balaban J connectivity index is 1.54. The number of carbonyl (C=O) groups excluding carboxylic acids is 2. The van der Waals surface area contributed by atoms with Crippen LogP contribution in [0.2, 0.25) is 0 Å². The zero-order valence-corrected chi connectivity index (χ0v) is 17.7. The Morgan fingerprint density at radius 2 is 2.03 bits per heavy atom. The molecule has 0 radical (unpaired) electrons. The van der Waals surface area contributed by atoms with Gasteiger partial charge in [0.2, 0.25) is 0 Å². The molecule has 29 heavy (non-hydrogen) atoms. The van der Waals surface area contributed by atoms with Gasteiger partial charge < -0.3 is 14.2 Å². The summed E-state index contributed by atoms with van der Waals surface area (Å²) in [5.74, 6) is 0.952. The van der Waals surface area contributed by atoms with Gasteiger partial charge in [0.1, 0.15) is 5.76 Å². The number of thiophene rings is 1. The standard InChI is InChI=1S/C21H26N4O3S/c1-3-24-9-11-25(12-10-24)21(27)19-14(2)18-15(6-4-7-16(18)28-19)22-23-20(26)17-8-5-13-29-17/h5,8,13H,3-4,6-7,9-12H2,1-2H3,(H,23,26)/b22-15+. The van der Waals surface area contributed by atoms with Crippen molar-refractivity contribution >= 4 is 28.9 Å². The molecular weight excluding hydrogens is 388 g/mol. The van der Waals surface area contributed by atoms with Crippen molar-refractivity contribution in [3.8, 4) is 0 Å². The van der Waals surface area contributed by atoms with Crippen molar-refractivity contribution in [2.24, 2.45) is 5.10 Å². The number of nitrogens with one attached hydrogen (secondary N) is 1. The van der Waals surface area contributed by atoms with Gasteiger partial charge in [-0.25, -0.2) is 5.43 Å². The lowest BCUT2D eigenvalue weighted by molar-refractivity contribution is 0.0609. The van der Waals surface area contributed by atoms with Gasteiger partial charge in [-0.05, 0) is 37.8 Å². The molecule has 1 aliphatic heterocycles. The van der Waals surface area contributed by atoms with Gasteiger partial charge in [-0.1, -0.05) is 13.0 Å². The molecule has 2 aromatic rings. The van der Waals surface area contributed by atoms with Gasteiger partial charge in [0, 0.05) is 43.7 Å². The van der Waals surface area contributed by atoms with E-state index in [1.165, 1.54) is 11.3 Å². The van der Waals surface area contributed by atoms with Crippen molar-refractivity contribution < 1.29 is 14.0 Å². The van der Waals surface area contributed by atoms with Gasteiger partial charge in [-0.3, -0.25) is 9.59 Å². The highest BCUT2D eigenvalue weighted by Crippen LogP contribution is 2.30. The summed E-state index contributed by atoms with van der Waals surface area (Å²) in [5, 5.41) is 6.24. The maximum absolute atomic E-state index is 13.1. The van der Waals surface area contributed by atoms with Crippen LogP contribution in [0.25, 0.3) is 0 Å². The second-order valence-corrected chi connectivity index (χ2v) is 8.36. The van der Waals surface area contributed by atoms with Crippen LogP contribution in [0.5, 0.6) is 0 Å². The number of likely N-dealkylation sites (N-methyl/N-ethyl adjacent to an activating group) is 1. The molecule has 2 amide bonds. The summed E-state index contributed by atoms with van der Waals surface area (Å²) in [6.07, 6.45) is 2.42. The normalized spacial score (nSPS) is 18.7. The minimum atomic E-state index is -0.217. The Kier molecular flexibility index (Phi) is 5.82. The van der Waals surface area contributed by atoms with Gasteiger partial charge in [0.05, 0.1) is 10.6 Å². The second kappa shape index (κ2) is 8.51. The topological polar surface area (TPSA) is 78.2 Å². The lowest BCUT2D eigenvalue weighted by atomic mass is 9.93. The van der Waals surface area contributed by atoms with Crippen molar-refractivity contribution in [2.75, 3.05) is 32.7 Å². The molecule has 154 valence electrons. The zero-order chi connectivity index (χ0) is 20.4. The predicted molar refractivity (Wildman–Crippen MR) is 113 cm³/mol. The van der Waals surface area contributed by atoms with Crippen LogP contribution in [-0.2, 0) is 6.42 Å². The van der Waals surface area contributed by atoms with E-state index in [1.54, 1.807) is 6.07 Å². The molecule has 4 rings (SSSR count). The fraction of sp³-hybridized carbons (Fsp3) is 0.476. The molecule has 3 heterocycles. The Morgan fingerprint density at radius 1 is 1.24 bits per heavy atom. The molecule has 8 heteroatoms. The molecule has 0 bridgehead atoms. The number of piperazine rings is 1. The summed E-state index contributed by atoms with van der Waals surface area (Å²) < 4.78 is 6.02. The van der Waals surface area contributed by atoms with E-state index < -0.39 is 0 Å². The molecule has 2 aromatic heterocycles. The van der Waals surface area contributed by atoms with Crippen LogP contribution in [0.1, 0.15) is 56.9 Å². The summed E-state index contributed by atoms with van der Waals surface area (Å²) in [6, 6.07) is 3.61. The largest absolute Gasteiger partial charge is 0.455 e. The van der Waals surface area contributed by atoms with Crippen molar-refractivity contribution in [1.29, 1.82) is 0 Å². The van der Waals surface area contributed by atoms with Crippen LogP contribution in [0.4, 0.5) is 0 Å². The average Bonchev–Trinajstić information content (AvgIpc) is 3.40. The van der Waals surface area contributed by atoms with Crippen molar-refractivity contribution in [3.63, 3.8) is 0 Å². The lowest BCUT2D eigenvalue weighted by Crippen LogP contribution is -2.48. The third-order valence-electron chi connectivity index (χ3n) is 5.66. The number of amides is 2. The summed E-state index contributed by atoms with van der Waals surface area (Å²) >= 11 is 1.38. The quantitative estimate of drug-likeness (QED) is 0.781. The van der Waals surface area contributed by atoms with Crippen molar-refractivity contribution in [2.45, 2.75) is 33.1 Å². The van der Waals surface area contributed by atoms with E-state index in [0.717, 1.165) is 74.6 Å². The lowest BCUT2D eigenvalue weighted by Gasteiger charge is -2.33. The maximum Gasteiger partial charge on any atom is 0.289 e. The number of carbonyl (C=O) groups is 2. The van der Waals surface area contributed by atoms with Gasteiger partial charge in [0.15, 0.2) is 5.76 Å². The van der Waals surface area contributed by atoms with E-state index in [0.29, 0.717) is 10.6 Å². The van der Waals surface area contributed by atoms with E-state index in [-0.39, 0.29) is 11.8 Å². The molecule has 1 N–H and O–H groups in total. The Hall–Kier alpha value is -2.45. The Bertz CT molecular complexity index is 924. The number of hydrogen-bond acceptors (Lipinski definition) is 6. The molecule has 1 fully saturated rings. The van der Waals surface area contributed by atoms with Crippen LogP contribution < -0.4 is 5.43 Å². The molecular formula is C21H26N4O3S. The fourth-order valence-corrected chi connectivity index (χ4v) is 4.59.